The number of rotatable bonds is 3. The number of pyridine rings is 1. The molecule has 2 aromatic carbocycles. The molecule has 0 fully saturated rings. The number of aromatic hydroxyl groups is 2. The molecule has 0 aliphatic heterocycles. The minimum atomic E-state index is -0.452. The number of nitrogens with one attached hydrogen (secondary N) is 1. The van der Waals surface area contributed by atoms with Crippen molar-refractivity contribution in [1.82, 2.24) is 4.98 Å². The van der Waals surface area contributed by atoms with Crippen LogP contribution in [0, 0.1) is 0 Å². The highest BCUT2D eigenvalue weighted by atomic mass is 16.3. The van der Waals surface area contributed by atoms with Gasteiger partial charge >= 0.3 is 0 Å². The molecule has 1 heterocycles. The van der Waals surface area contributed by atoms with Crippen molar-refractivity contribution in [1.29, 1.82) is 0 Å². The molecular weight excluding hydrogens is 304 g/mol. The van der Waals surface area contributed by atoms with Gasteiger partial charge in [0.25, 0.3) is 5.91 Å². The largest absolute Gasteiger partial charge is 0.508 e. The predicted octanol–water partition coefficient (Wildman–Crippen LogP) is 4.02. The van der Waals surface area contributed by atoms with Crippen LogP contribution in [0.2, 0.25) is 0 Å². The minimum absolute atomic E-state index is 0.0218. The van der Waals surface area contributed by atoms with Gasteiger partial charge in [0.15, 0.2) is 0 Å². The van der Waals surface area contributed by atoms with Crippen LogP contribution < -0.4 is 5.32 Å². The maximum Gasteiger partial charge on any atom is 0.259 e. The predicted molar refractivity (Wildman–Crippen MR) is 93.6 cm³/mol. The highest BCUT2D eigenvalue weighted by Gasteiger charge is 2.17. The molecule has 0 aliphatic rings. The third kappa shape index (κ3) is 3.01. The van der Waals surface area contributed by atoms with E-state index in [-0.39, 0.29) is 23.0 Å². The van der Waals surface area contributed by atoms with Gasteiger partial charge in [-0.1, -0.05) is 32.0 Å². The zero-order valence-electron chi connectivity index (χ0n) is 13.4. The topological polar surface area (TPSA) is 82.5 Å². The van der Waals surface area contributed by atoms with E-state index in [9.17, 15) is 15.0 Å². The van der Waals surface area contributed by atoms with Gasteiger partial charge in [-0.3, -0.25) is 9.78 Å². The van der Waals surface area contributed by atoms with Gasteiger partial charge in [0, 0.05) is 11.5 Å². The maximum absolute atomic E-state index is 12.5. The molecule has 3 aromatic rings. The summed E-state index contributed by atoms with van der Waals surface area (Å²) in [5.41, 5.74) is 2.10. The summed E-state index contributed by atoms with van der Waals surface area (Å²) in [4.78, 5) is 16.8. The zero-order valence-corrected chi connectivity index (χ0v) is 13.4. The first-order chi connectivity index (χ1) is 11.5. The maximum atomic E-state index is 12.5. The summed E-state index contributed by atoms with van der Waals surface area (Å²) in [7, 11) is 0. The van der Waals surface area contributed by atoms with Gasteiger partial charge in [0.2, 0.25) is 0 Å². The smallest absolute Gasteiger partial charge is 0.259 e. The van der Waals surface area contributed by atoms with Crippen LogP contribution in [-0.2, 0) is 0 Å². The Morgan fingerprint density at radius 2 is 1.83 bits per heavy atom. The lowest BCUT2D eigenvalue weighted by Gasteiger charge is -2.13. The quantitative estimate of drug-likeness (QED) is 0.680. The number of fused-ring (bicyclic) bond motifs is 1. The van der Waals surface area contributed by atoms with Gasteiger partial charge in [0.05, 0.1) is 23.0 Å². The van der Waals surface area contributed by atoms with E-state index in [4.69, 9.17) is 0 Å². The van der Waals surface area contributed by atoms with Crippen LogP contribution in [0.25, 0.3) is 10.9 Å². The molecule has 24 heavy (non-hydrogen) atoms. The molecule has 3 N–H and O–H groups in total. The summed E-state index contributed by atoms with van der Waals surface area (Å²) in [5, 5.41) is 23.5. The Morgan fingerprint density at radius 1 is 1.08 bits per heavy atom. The number of hydrogen-bond donors (Lipinski definition) is 3. The van der Waals surface area contributed by atoms with Crippen molar-refractivity contribution in [3.63, 3.8) is 0 Å². The number of amides is 1. The van der Waals surface area contributed by atoms with Gasteiger partial charge in [-0.05, 0) is 29.7 Å². The summed E-state index contributed by atoms with van der Waals surface area (Å²) in [6, 6.07) is 12.1. The molecule has 5 heteroatoms. The van der Waals surface area contributed by atoms with Crippen molar-refractivity contribution in [2.24, 2.45) is 0 Å². The molecule has 0 radical (unpaired) electrons. The number of hydrogen-bond acceptors (Lipinski definition) is 4. The Labute approximate surface area is 139 Å². The fraction of sp³-hybridized carbons (Fsp3) is 0.158. The van der Waals surface area contributed by atoms with Crippen molar-refractivity contribution >= 4 is 22.5 Å². The monoisotopic (exact) mass is 322 g/mol. The standard InChI is InChI=1S/C19H18N2O3/c1-11(2)14-8-15(18(23)9-17(14)22)19(24)21-13-7-12-5-3-4-6-16(12)20-10-13/h3-11,22-23H,1-2H3,(H,21,24). The van der Waals surface area contributed by atoms with E-state index < -0.39 is 5.91 Å². The lowest BCUT2D eigenvalue weighted by Crippen LogP contribution is -2.13. The second kappa shape index (κ2) is 6.20. The summed E-state index contributed by atoms with van der Waals surface area (Å²) in [6.45, 7) is 3.81. The van der Waals surface area contributed by atoms with E-state index in [0.717, 1.165) is 10.9 Å². The summed E-state index contributed by atoms with van der Waals surface area (Å²) in [5.74, 6) is -0.708. The molecule has 0 saturated heterocycles. The van der Waals surface area contributed by atoms with Crippen LogP contribution in [-0.4, -0.2) is 21.1 Å². The van der Waals surface area contributed by atoms with Gasteiger partial charge in [0.1, 0.15) is 11.5 Å². The number of anilines is 1. The Hall–Kier alpha value is -3.08. The van der Waals surface area contributed by atoms with Crippen LogP contribution in [0.4, 0.5) is 5.69 Å². The second-order valence-corrected chi connectivity index (χ2v) is 5.95. The molecule has 0 spiro atoms. The molecule has 1 aromatic heterocycles. The summed E-state index contributed by atoms with van der Waals surface area (Å²) in [6.07, 6.45) is 1.57. The first-order valence-corrected chi connectivity index (χ1v) is 7.67. The minimum Gasteiger partial charge on any atom is -0.508 e. The third-order valence-electron chi connectivity index (χ3n) is 3.86. The molecule has 0 saturated carbocycles. The summed E-state index contributed by atoms with van der Waals surface area (Å²) >= 11 is 0. The number of phenolic OH excluding ortho intramolecular Hbond substituents is 2. The van der Waals surface area contributed by atoms with Crippen LogP contribution >= 0.6 is 0 Å². The van der Waals surface area contributed by atoms with E-state index in [0.29, 0.717) is 11.3 Å². The summed E-state index contributed by atoms with van der Waals surface area (Å²) < 4.78 is 0. The Balaban J connectivity index is 1.92. The first kappa shape index (κ1) is 15.8. The fourth-order valence-corrected chi connectivity index (χ4v) is 2.58. The first-order valence-electron chi connectivity index (χ1n) is 7.67. The lowest BCUT2D eigenvalue weighted by molar-refractivity contribution is 0.102. The number of nitrogens with zero attached hydrogens (tertiary/aromatic N) is 1. The van der Waals surface area contributed by atoms with Gasteiger partial charge in [-0.2, -0.15) is 0 Å². The third-order valence-corrected chi connectivity index (χ3v) is 3.86. The van der Waals surface area contributed by atoms with Crippen LogP contribution in [0.3, 0.4) is 0 Å². The van der Waals surface area contributed by atoms with Crippen molar-refractivity contribution in [2.75, 3.05) is 5.32 Å². The zero-order chi connectivity index (χ0) is 17.3. The van der Waals surface area contributed by atoms with E-state index in [1.807, 2.05) is 44.2 Å². The molecule has 0 atom stereocenters. The van der Waals surface area contributed by atoms with E-state index in [1.54, 1.807) is 6.20 Å². The molecule has 3 rings (SSSR count). The number of aromatic nitrogens is 1. The fourth-order valence-electron chi connectivity index (χ4n) is 2.58. The van der Waals surface area contributed by atoms with E-state index in [2.05, 4.69) is 10.3 Å². The molecule has 5 nitrogen and oxygen atoms in total. The lowest BCUT2D eigenvalue weighted by atomic mass is 9.98. The molecule has 0 unspecified atom stereocenters. The Kier molecular flexibility index (Phi) is 4.08. The highest BCUT2D eigenvalue weighted by Crippen LogP contribution is 2.32. The van der Waals surface area contributed by atoms with Crippen molar-refractivity contribution < 1.29 is 15.0 Å². The van der Waals surface area contributed by atoms with Crippen LogP contribution in [0.1, 0.15) is 35.7 Å². The number of benzene rings is 2. The average Bonchev–Trinajstić information content (AvgIpc) is 2.54. The van der Waals surface area contributed by atoms with Crippen LogP contribution in [0.15, 0.2) is 48.7 Å². The average molecular weight is 322 g/mol. The molecular formula is C19H18N2O3. The van der Waals surface area contributed by atoms with Gasteiger partial charge < -0.3 is 15.5 Å². The Morgan fingerprint density at radius 3 is 2.58 bits per heavy atom. The van der Waals surface area contributed by atoms with Gasteiger partial charge in [-0.25, -0.2) is 0 Å². The highest BCUT2D eigenvalue weighted by molar-refractivity contribution is 6.07. The van der Waals surface area contributed by atoms with Gasteiger partial charge in [-0.15, -0.1) is 0 Å². The number of phenols is 2. The molecule has 1 amide bonds. The van der Waals surface area contributed by atoms with Crippen molar-refractivity contribution in [3.8, 4) is 11.5 Å². The van der Waals surface area contributed by atoms with Crippen molar-refractivity contribution in [2.45, 2.75) is 19.8 Å². The Bertz CT molecular complexity index is 920. The number of para-hydroxylation sites is 1. The number of carbonyl (C=O) groups is 1. The molecule has 0 aliphatic carbocycles. The second-order valence-electron chi connectivity index (χ2n) is 5.95. The van der Waals surface area contributed by atoms with E-state index in [1.165, 1.54) is 12.1 Å². The SMILES string of the molecule is CC(C)c1cc(C(=O)Nc2cnc3ccccc3c2)c(O)cc1O. The van der Waals surface area contributed by atoms with E-state index >= 15 is 0 Å². The van der Waals surface area contributed by atoms with Crippen LogP contribution in [0.5, 0.6) is 11.5 Å². The van der Waals surface area contributed by atoms with Crippen molar-refractivity contribution in [3.05, 3.63) is 59.8 Å². The molecule has 0 bridgehead atoms. The molecule has 122 valence electrons. The normalized spacial score (nSPS) is 11.0. The number of carbonyl (C=O) groups excluding carboxylic acids is 1.